The molecule has 1 aromatic rings. The zero-order valence-corrected chi connectivity index (χ0v) is 10.3. The Kier molecular flexibility index (Phi) is 4.44. The van der Waals surface area contributed by atoms with Gasteiger partial charge in [0.2, 0.25) is 13.2 Å². The summed E-state index contributed by atoms with van der Waals surface area (Å²) < 4.78 is 10.4. The van der Waals surface area contributed by atoms with E-state index >= 15 is 0 Å². The van der Waals surface area contributed by atoms with E-state index < -0.39 is 0 Å². The van der Waals surface area contributed by atoms with Crippen LogP contribution in [0, 0.1) is 0 Å². The molecule has 0 unspecified atom stereocenters. The molecule has 0 spiro atoms. The highest BCUT2D eigenvalue weighted by molar-refractivity contribution is 5.89. The smallest absolute Gasteiger partial charge is 0.319 e. The van der Waals surface area contributed by atoms with Crippen LogP contribution in [0.25, 0.3) is 0 Å². The zero-order chi connectivity index (χ0) is 13.5. The minimum absolute atomic E-state index is 0.203. The summed E-state index contributed by atoms with van der Waals surface area (Å²) in [6.07, 6.45) is 1.31. The number of ether oxygens (including phenoxy) is 2. The molecule has 0 aliphatic carbocycles. The van der Waals surface area contributed by atoms with Crippen molar-refractivity contribution >= 4 is 18.1 Å². The third-order valence-electron chi connectivity index (χ3n) is 2.50. The molecular formula is C12H15N3O4. The summed E-state index contributed by atoms with van der Waals surface area (Å²) in [6, 6.07) is 4.88. The van der Waals surface area contributed by atoms with E-state index in [2.05, 4.69) is 16.0 Å². The molecule has 0 bridgehead atoms. The van der Waals surface area contributed by atoms with Gasteiger partial charge in [0.15, 0.2) is 11.5 Å². The standard InChI is InChI=1S/C12H15N3O4/c16-7-13-4-1-5-14-12(17)15-9-2-3-10-11(6-9)19-8-18-10/h2-3,6-7H,1,4-5,8H2,(H,13,16)(H2,14,15,17). The number of carbonyl (C=O) groups excluding carboxylic acids is 2. The molecule has 0 saturated carbocycles. The van der Waals surface area contributed by atoms with Crippen molar-refractivity contribution in [1.82, 2.24) is 10.6 Å². The lowest BCUT2D eigenvalue weighted by Crippen LogP contribution is -2.31. The SMILES string of the molecule is O=CNCCCNC(=O)Nc1ccc2c(c1)OCO2. The molecule has 1 aliphatic rings. The van der Waals surface area contributed by atoms with Crippen molar-refractivity contribution in [3.8, 4) is 11.5 Å². The molecule has 0 radical (unpaired) electrons. The summed E-state index contributed by atoms with van der Waals surface area (Å²) in [5.74, 6) is 1.29. The number of hydrogen-bond donors (Lipinski definition) is 3. The molecule has 102 valence electrons. The van der Waals surface area contributed by atoms with Crippen LogP contribution in [0.3, 0.4) is 0 Å². The number of nitrogens with one attached hydrogen (secondary N) is 3. The maximum absolute atomic E-state index is 11.6. The van der Waals surface area contributed by atoms with Crippen LogP contribution in [0.1, 0.15) is 6.42 Å². The fraction of sp³-hybridized carbons (Fsp3) is 0.333. The average Bonchev–Trinajstić information content (AvgIpc) is 2.86. The number of amides is 3. The molecule has 1 aliphatic heterocycles. The maximum atomic E-state index is 11.6. The van der Waals surface area contributed by atoms with E-state index in [1.165, 1.54) is 0 Å². The monoisotopic (exact) mass is 265 g/mol. The lowest BCUT2D eigenvalue weighted by atomic mass is 10.3. The molecule has 0 fully saturated rings. The second-order valence-corrected chi connectivity index (χ2v) is 3.87. The van der Waals surface area contributed by atoms with Gasteiger partial charge in [0, 0.05) is 24.8 Å². The fourth-order valence-corrected chi connectivity index (χ4v) is 1.60. The summed E-state index contributed by atoms with van der Waals surface area (Å²) in [7, 11) is 0. The van der Waals surface area contributed by atoms with Crippen LogP contribution in [-0.4, -0.2) is 32.3 Å². The van der Waals surface area contributed by atoms with Crippen LogP contribution in [0.4, 0.5) is 10.5 Å². The minimum Gasteiger partial charge on any atom is -0.454 e. The first-order chi connectivity index (χ1) is 9.29. The van der Waals surface area contributed by atoms with Gasteiger partial charge >= 0.3 is 6.03 Å². The first-order valence-electron chi connectivity index (χ1n) is 5.91. The zero-order valence-electron chi connectivity index (χ0n) is 10.3. The van der Waals surface area contributed by atoms with E-state index in [9.17, 15) is 9.59 Å². The highest BCUT2D eigenvalue weighted by Crippen LogP contribution is 2.34. The van der Waals surface area contributed by atoms with Gasteiger partial charge in [-0.2, -0.15) is 0 Å². The molecule has 2 rings (SSSR count). The van der Waals surface area contributed by atoms with Crippen molar-refractivity contribution in [2.45, 2.75) is 6.42 Å². The normalized spacial score (nSPS) is 11.8. The Bertz CT molecular complexity index is 464. The number of urea groups is 1. The van der Waals surface area contributed by atoms with Gasteiger partial charge in [-0.1, -0.05) is 0 Å². The number of anilines is 1. The molecule has 7 heteroatoms. The lowest BCUT2D eigenvalue weighted by molar-refractivity contribution is -0.109. The number of fused-ring (bicyclic) bond motifs is 1. The van der Waals surface area contributed by atoms with E-state index in [4.69, 9.17) is 9.47 Å². The lowest BCUT2D eigenvalue weighted by Gasteiger charge is -2.08. The Morgan fingerprint density at radius 3 is 2.95 bits per heavy atom. The first kappa shape index (κ1) is 13.0. The van der Waals surface area contributed by atoms with Crippen LogP contribution < -0.4 is 25.4 Å². The van der Waals surface area contributed by atoms with Gasteiger partial charge in [0.25, 0.3) is 0 Å². The highest BCUT2D eigenvalue weighted by Gasteiger charge is 2.13. The molecule has 1 heterocycles. The Labute approximate surface area is 110 Å². The molecule has 3 N–H and O–H groups in total. The third kappa shape index (κ3) is 3.77. The highest BCUT2D eigenvalue weighted by atomic mass is 16.7. The van der Waals surface area contributed by atoms with Gasteiger partial charge in [0.1, 0.15) is 0 Å². The summed E-state index contributed by atoms with van der Waals surface area (Å²) in [5.41, 5.74) is 0.632. The van der Waals surface area contributed by atoms with Crippen molar-refractivity contribution in [1.29, 1.82) is 0 Å². The van der Waals surface area contributed by atoms with Crippen molar-refractivity contribution < 1.29 is 19.1 Å². The second-order valence-electron chi connectivity index (χ2n) is 3.87. The summed E-state index contributed by atoms with van der Waals surface area (Å²) in [4.78, 5) is 21.6. The van der Waals surface area contributed by atoms with Crippen LogP contribution in [0.5, 0.6) is 11.5 Å². The van der Waals surface area contributed by atoms with Crippen molar-refractivity contribution in [3.63, 3.8) is 0 Å². The van der Waals surface area contributed by atoms with E-state index in [0.29, 0.717) is 43.1 Å². The predicted molar refractivity (Wildman–Crippen MR) is 68.3 cm³/mol. The van der Waals surface area contributed by atoms with Gasteiger partial charge in [-0.3, -0.25) is 4.79 Å². The molecule has 0 saturated heterocycles. The Balaban J connectivity index is 1.74. The van der Waals surface area contributed by atoms with E-state index in [0.717, 1.165) is 0 Å². The summed E-state index contributed by atoms with van der Waals surface area (Å²) >= 11 is 0. The summed E-state index contributed by atoms with van der Waals surface area (Å²) in [6.45, 7) is 1.22. The van der Waals surface area contributed by atoms with E-state index in [1.807, 2.05) is 0 Å². The van der Waals surface area contributed by atoms with Crippen LogP contribution >= 0.6 is 0 Å². The Hall–Kier alpha value is -2.44. The second kappa shape index (κ2) is 6.48. The molecule has 0 atom stereocenters. The predicted octanol–water partition coefficient (Wildman–Crippen LogP) is 0.673. The fourth-order valence-electron chi connectivity index (χ4n) is 1.60. The van der Waals surface area contributed by atoms with Crippen LogP contribution in [0.15, 0.2) is 18.2 Å². The molecular weight excluding hydrogens is 250 g/mol. The first-order valence-corrected chi connectivity index (χ1v) is 5.91. The largest absolute Gasteiger partial charge is 0.454 e. The Morgan fingerprint density at radius 2 is 2.11 bits per heavy atom. The van der Waals surface area contributed by atoms with Crippen LogP contribution in [0.2, 0.25) is 0 Å². The van der Waals surface area contributed by atoms with Crippen molar-refractivity contribution in [2.75, 3.05) is 25.2 Å². The van der Waals surface area contributed by atoms with E-state index in [-0.39, 0.29) is 12.8 Å². The minimum atomic E-state index is -0.301. The summed E-state index contributed by atoms with van der Waals surface area (Å²) in [5, 5.41) is 7.88. The quantitative estimate of drug-likeness (QED) is 0.521. The molecule has 19 heavy (non-hydrogen) atoms. The van der Waals surface area contributed by atoms with Gasteiger partial charge in [-0.15, -0.1) is 0 Å². The molecule has 7 nitrogen and oxygen atoms in total. The van der Waals surface area contributed by atoms with Crippen molar-refractivity contribution in [2.24, 2.45) is 0 Å². The third-order valence-corrected chi connectivity index (χ3v) is 2.50. The maximum Gasteiger partial charge on any atom is 0.319 e. The van der Waals surface area contributed by atoms with Crippen molar-refractivity contribution in [3.05, 3.63) is 18.2 Å². The number of benzene rings is 1. The van der Waals surface area contributed by atoms with Gasteiger partial charge in [-0.25, -0.2) is 4.79 Å². The molecule has 1 aromatic carbocycles. The van der Waals surface area contributed by atoms with E-state index in [1.54, 1.807) is 18.2 Å². The average molecular weight is 265 g/mol. The van der Waals surface area contributed by atoms with Gasteiger partial charge < -0.3 is 25.4 Å². The number of carbonyl (C=O) groups is 2. The number of rotatable bonds is 6. The Morgan fingerprint density at radius 1 is 1.26 bits per heavy atom. The van der Waals surface area contributed by atoms with Gasteiger partial charge in [-0.05, 0) is 18.6 Å². The van der Waals surface area contributed by atoms with Crippen LogP contribution in [-0.2, 0) is 4.79 Å². The number of hydrogen-bond acceptors (Lipinski definition) is 4. The molecule has 0 aromatic heterocycles. The van der Waals surface area contributed by atoms with Gasteiger partial charge in [0.05, 0.1) is 0 Å². The molecule has 3 amide bonds. The topological polar surface area (TPSA) is 88.7 Å².